The van der Waals surface area contributed by atoms with Crippen molar-refractivity contribution in [3.63, 3.8) is 0 Å². The molecule has 0 aromatic heterocycles. The van der Waals surface area contributed by atoms with Gasteiger partial charge in [-0.2, -0.15) is 0 Å². The molecule has 0 heterocycles. The van der Waals surface area contributed by atoms with Gasteiger partial charge in [0.05, 0.1) is 0 Å². The van der Waals surface area contributed by atoms with E-state index in [-0.39, 0.29) is 21.1 Å². The van der Waals surface area contributed by atoms with Gasteiger partial charge in [-0.25, -0.2) is 0 Å². The maximum atomic E-state index is 5.72. The van der Waals surface area contributed by atoms with E-state index < -0.39 is 0 Å². The fraction of sp³-hybridized carbons (Fsp3) is 0. The van der Waals surface area contributed by atoms with E-state index in [9.17, 15) is 0 Å². The van der Waals surface area contributed by atoms with Crippen molar-refractivity contribution in [3.05, 3.63) is 18.5 Å². The summed E-state index contributed by atoms with van der Waals surface area (Å²) in [6.07, 6.45) is 0. The van der Waals surface area contributed by atoms with E-state index in [0.29, 0.717) is 0 Å². The Morgan fingerprint density at radius 1 is 1.75 bits per heavy atom. The fourth-order valence-electron chi connectivity index (χ4n) is 0. The molecule has 0 aromatic carbocycles. The standard InChI is InChI=1S/C2H2N.W/c1-3-2;/h1H2;/q-1;. The summed E-state index contributed by atoms with van der Waals surface area (Å²) >= 11 is 0. The van der Waals surface area contributed by atoms with Gasteiger partial charge in [-0.05, 0) is 0 Å². The summed E-state index contributed by atoms with van der Waals surface area (Å²) in [5, 5.41) is 0. The summed E-state index contributed by atoms with van der Waals surface area (Å²) in [6, 6.07) is 0. The Morgan fingerprint density at radius 3 is 1.75 bits per heavy atom. The van der Waals surface area contributed by atoms with E-state index in [1.54, 1.807) is 0 Å². The molecule has 0 aromatic rings. The van der Waals surface area contributed by atoms with Crippen molar-refractivity contribution < 1.29 is 21.1 Å². The first-order valence-corrected chi connectivity index (χ1v) is 0.540. The second-order valence-electron chi connectivity index (χ2n) is 0.158. The van der Waals surface area contributed by atoms with Crippen LogP contribution in [0.3, 0.4) is 0 Å². The summed E-state index contributed by atoms with van der Waals surface area (Å²) in [6.45, 7) is 5.72. The van der Waals surface area contributed by atoms with Crippen LogP contribution in [0.1, 0.15) is 0 Å². The summed E-state index contributed by atoms with van der Waals surface area (Å²) in [5.41, 5.74) is 0. The Balaban J connectivity index is 0. The van der Waals surface area contributed by atoms with Crippen LogP contribution in [0.5, 0.6) is 0 Å². The predicted octanol–water partition coefficient (Wildman–Crippen LogP) is 0.695. The molecule has 0 radical (unpaired) electrons. The molecule has 0 saturated heterocycles. The van der Waals surface area contributed by atoms with Crippen molar-refractivity contribution in [1.29, 1.82) is 0 Å². The zero-order valence-corrected chi connectivity index (χ0v) is 5.00. The van der Waals surface area contributed by atoms with Gasteiger partial charge in [0, 0.05) is 21.1 Å². The SMILES string of the molecule is [C-]#[N+][CH2-].[W]. The van der Waals surface area contributed by atoms with Crippen LogP contribution < -0.4 is 0 Å². The van der Waals surface area contributed by atoms with Gasteiger partial charge in [0.15, 0.2) is 0 Å². The smallest absolute Gasteiger partial charge is 0 e. The van der Waals surface area contributed by atoms with Gasteiger partial charge in [0.2, 0.25) is 0 Å². The first-order valence-electron chi connectivity index (χ1n) is 0.540. The van der Waals surface area contributed by atoms with Crippen LogP contribution in [0.4, 0.5) is 0 Å². The van der Waals surface area contributed by atoms with E-state index in [0.717, 1.165) is 0 Å². The van der Waals surface area contributed by atoms with Crippen molar-refractivity contribution in [2.45, 2.75) is 0 Å². The third-order valence-electron chi connectivity index (χ3n) is 0. The first-order chi connectivity index (χ1) is 1.41. The molecular formula is C2H2NW-. The first kappa shape index (κ1) is 8.97. The van der Waals surface area contributed by atoms with E-state index in [1.165, 1.54) is 0 Å². The molecule has 2 heteroatoms. The normalized spacial score (nSPS) is 1.75. The molecule has 22 valence electrons. The fourth-order valence-corrected chi connectivity index (χ4v) is 0. The van der Waals surface area contributed by atoms with Crippen LogP contribution in [0.2, 0.25) is 0 Å². The van der Waals surface area contributed by atoms with E-state index >= 15 is 0 Å². The molecule has 0 rings (SSSR count). The Kier molecular flexibility index (Phi) is 26.1. The Hall–Kier alpha value is 0.0483. The predicted molar refractivity (Wildman–Crippen MR) is 12.0 cm³/mol. The largest absolute Gasteiger partial charge is 0.464 e. The van der Waals surface area contributed by atoms with Gasteiger partial charge in [-0.3, -0.25) is 6.57 Å². The van der Waals surface area contributed by atoms with Crippen LogP contribution >= 0.6 is 0 Å². The maximum absolute atomic E-state index is 5.72. The topological polar surface area (TPSA) is 4.36 Å². The molecule has 0 fully saturated rings. The minimum absolute atomic E-state index is 0. The molecule has 0 atom stereocenters. The third-order valence-corrected chi connectivity index (χ3v) is 0. The van der Waals surface area contributed by atoms with E-state index in [1.807, 2.05) is 0 Å². The molecule has 0 saturated carbocycles. The number of hydrogen-bond donors (Lipinski definition) is 0. The van der Waals surface area contributed by atoms with Crippen LogP contribution in [0.25, 0.3) is 4.85 Å². The van der Waals surface area contributed by atoms with Crippen molar-refractivity contribution in [2.24, 2.45) is 0 Å². The second-order valence-corrected chi connectivity index (χ2v) is 0.158. The zero-order chi connectivity index (χ0) is 2.71. The van der Waals surface area contributed by atoms with E-state index in [4.69, 9.17) is 6.57 Å². The van der Waals surface area contributed by atoms with Gasteiger partial charge in [-0.1, -0.05) is 7.05 Å². The molecular weight excluding hydrogens is 222 g/mol. The average molecular weight is 224 g/mol. The second kappa shape index (κ2) is 11.6. The van der Waals surface area contributed by atoms with Crippen molar-refractivity contribution in [3.8, 4) is 0 Å². The quantitative estimate of drug-likeness (QED) is 0.533. The molecule has 4 heavy (non-hydrogen) atoms. The van der Waals surface area contributed by atoms with Crippen molar-refractivity contribution in [1.82, 2.24) is 0 Å². The molecule has 0 N–H and O–H groups in total. The van der Waals surface area contributed by atoms with Crippen LogP contribution in [0.15, 0.2) is 0 Å². The minimum atomic E-state index is 0. The van der Waals surface area contributed by atoms with Gasteiger partial charge < -0.3 is 4.85 Å². The van der Waals surface area contributed by atoms with Gasteiger partial charge in [0.1, 0.15) is 0 Å². The molecule has 0 aliphatic heterocycles. The molecule has 0 amide bonds. The monoisotopic (exact) mass is 224 g/mol. The zero-order valence-electron chi connectivity index (χ0n) is 2.06. The Bertz CT molecular complexity index is 27.5. The number of hydrogen-bond acceptors (Lipinski definition) is 0. The molecule has 0 unspecified atom stereocenters. The van der Waals surface area contributed by atoms with Gasteiger partial charge in [0.25, 0.3) is 0 Å². The summed E-state index contributed by atoms with van der Waals surface area (Å²) < 4.78 is 0. The minimum Gasteiger partial charge on any atom is -0.464 e. The van der Waals surface area contributed by atoms with Crippen molar-refractivity contribution in [2.75, 3.05) is 0 Å². The summed E-state index contributed by atoms with van der Waals surface area (Å²) in [7, 11) is 2.78. The van der Waals surface area contributed by atoms with Crippen LogP contribution in [-0.2, 0) is 21.1 Å². The Labute approximate surface area is 40.1 Å². The summed E-state index contributed by atoms with van der Waals surface area (Å²) in [5.74, 6) is 0. The molecule has 1 nitrogen and oxygen atoms in total. The molecule has 0 aliphatic rings. The summed E-state index contributed by atoms with van der Waals surface area (Å²) in [4.78, 5) is 2.50. The van der Waals surface area contributed by atoms with Crippen LogP contribution in [0, 0.1) is 13.6 Å². The molecule has 0 aliphatic carbocycles. The molecule has 0 bridgehead atoms. The number of rotatable bonds is 0. The van der Waals surface area contributed by atoms with Crippen LogP contribution in [-0.4, -0.2) is 0 Å². The van der Waals surface area contributed by atoms with Gasteiger partial charge >= 0.3 is 0 Å². The average Bonchev–Trinajstić information content (AvgIpc) is 0.918. The van der Waals surface area contributed by atoms with E-state index in [2.05, 4.69) is 11.9 Å². The maximum Gasteiger partial charge on any atom is 0 e. The van der Waals surface area contributed by atoms with Gasteiger partial charge in [-0.15, -0.1) is 0 Å². The van der Waals surface area contributed by atoms with Crippen molar-refractivity contribution >= 4 is 0 Å². The Morgan fingerprint density at radius 2 is 1.75 bits per heavy atom. The molecule has 0 spiro atoms. The third kappa shape index (κ3) is 964. The number of nitrogens with zero attached hydrogens (tertiary/aromatic N) is 1.